The van der Waals surface area contributed by atoms with Crippen LogP contribution < -0.4 is 9.47 Å². The average molecular weight is 474 g/mol. The summed E-state index contributed by atoms with van der Waals surface area (Å²) in [6, 6.07) is 20.8. The third-order valence-corrected chi connectivity index (χ3v) is 7.56. The Kier molecular flexibility index (Phi) is 5.73. The summed E-state index contributed by atoms with van der Waals surface area (Å²) in [4.78, 5) is 18.0. The van der Waals surface area contributed by atoms with Crippen molar-refractivity contribution in [1.29, 1.82) is 0 Å². The number of aromatic nitrogens is 1. The minimum atomic E-state index is 0.138. The molecule has 0 atom stereocenters. The summed E-state index contributed by atoms with van der Waals surface area (Å²) >= 11 is 1.70. The van der Waals surface area contributed by atoms with Crippen LogP contribution >= 0.6 is 11.3 Å². The van der Waals surface area contributed by atoms with E-state index >= 15 is 0 Å². The highest BCUT2D eigenvalue weighted by molar-refractivity contribution is 7.17. The number of aryl methyl sites for hydroxylation is 2. The van der Waals surface area contributed by atoms with Crippen molar-refractivity contribution in [1.82, 2.24) is 14.4 Å². The van der Waals surface area contributed by atoms with E-state index in [-0.39, 0.29) is 5.91 Å². The van der Waals surface area contributed by atoms with Crippen LogP contribution in [0.3, 0.4) is 0 Å². The van der Waals surface area contributed by atoms with E-state index in [4.69, 9.17) is 9.47 Å². The second-order valence-corrected chi connectivity index (χ2v) is 9.79. The van der Waals surface area contributed by atoms with E-state index in [0.717, 1.165) is 68.4 Å². The van der Waals surface area contributed by atoms with Gasteiger partial charge in [0.15, 0.2) is 11.5 Å². The van der Waals surface area contributed by atoms with Gasteiger partial charge in [-0.2, -0.15) is 0 Å². The van der Waals surface area contributed by atoms with Crippen molar-refractivity contribution in [2.75, 3.05) is 33.0 Å². The zero-order valence-electron chi connectivity index (χ0n) is 19.0. The van der Waals surface area contributed by atoms with Crippen LogP contribution in [0.15, 0.2) is 66.0 Å². The van der Waals surface area contributed by atoms with Gasteiger partial charge in [0.1, 0.15) is 5.69 Å². The molecule has 2 aromatic heterocycles. The molecule has 4 heterocycles. The molecule has 2 aliphatic rings. The molecule has 0 aliphatic carbocycles. The highest BCUT2D eigenvalue weighted by Gasteiger charge is 2.26. The highest BCUT2D eigenvalue weighted by atomic mass is 32.1. The largest absolute Gasteiger partial charge is 0.454 e. The highest BCUT2D eigenvalue weighted by Crippen LogP contribution is 2.33. The van der Waals surface area contributed by atoms with Gasteiger partial charge in [-0.1, -0.05) is 36.4 Å². The SMILES string of the molecule is O=C(c1cc2sccc2n1CCc1ccccc1)N1CCN(Cc2ccc3c(c2)OCO3)CC1. The number of carbonyl (C=O) groups excluding carboxylic acids is 1. The van der Waals surface area contributed by atoms with Crippen LogP contribution in [0.5, 0.6) is 11.5 Å². The van der Waals surface area contributed by atoms with Crippen molar-refractivity contribution in [3.8, 4) is 11.5 Å². The molecule has 0 bridgehead atoms. The topological polar surface area (TPSA) is 46.9 Å². The van der Waals surface area contributed by atoms with Crippen LogP contribution in [0.2, 0.25) is 0 Å². The van der Waals surface area contributed by atoms with Gasteiger partial charge >= 0.3 is 0 Å². The zero-order chi connectivity index (χ0) is 22.9. The molecular weight excluding hydrogens is 446 g/mol. The zero-order valence-corrected chi connectivity index (χ0v) is 19.8. The van der Waals surface area contributed by atoms with Gasteiger partial charge in [0.25, 0.3) is 5.91 Å². The van der Waals surface area contributed by atoms with Crippen molar-refractivity contribution >= 4 is 27.5 Å². The summed E-state index contributed by atoms with van der Waals surface area (Å²) in [5.41, 5.74) is 4.46. The molecule has 1 fully saturated rings. The lowest BCUT2D eigenvalue weighted by atomic mass is 10.1. The first-order valence-corrected chi connectivity index (χ1v) is 12.6. The number of hydrogen-bond donors (Lipinski definition) is 0. The lowest BCUT2D eigenvalue weighted by Gasteiger charge is -2.35. The van der Waals surface area contributed by atoms with Crippen LogP contribution in [0.1, 0.15) is 21.6 Å². The molecule has 174 valence electrons. The maximum atomic E-state index is 13.6. The van der Waals surface area contributed by atoms with Gasteiger partial charge in [-0.3, -0.25) is 9.69 Å². The molecule has 2 aromatic carbocycles. The Hall–Kier alpha value is -3.29. The molecule has 2 aliphatic heterocycles. The van der Waals surface area contributed by atoms with Gasteiger partial charge in [0.2, 0.25) is 6.79 Å². The number of thiophene rings is 1. The number of hydrogen-bond acceptors (Lipinski definition) is 5. The minimum Gasteiger partial charge on any atom is -0.454 e. The van der Waals surface area contributed by atoms with E-state index in [2.05, 4.69) is 63.4 Å². The predicted octanol–water partition coefficient (Wildman–Crippen LogP) is 4.63. The number of benzene rings is 2. The van der Waals surface area contributed by atoms with E-state index in [1.165, 1.54) is 15.8 Å². The summed E-state index contributed by atoms with van der Waals surface area (Å²) in [5, 5.41) is 2.10. The molecule has 0 saturated carbocycles. The smallest absolute Gasteiger partial charge is 0.270 e. The lowest BCUT2D eigenvalue weighted by Crippen LogP contribution is -2.48. The fourth-order valence-electron chi connectivity index (χ4n) is 4.85. The Balaban J connectivity index is 1.12. The van der Waals surface area contributed by atoms with E-state index < -0.39 is 0 Å². The second-order valence-electron chi connectivity index (χ2n) is 8.84. The molecule has 0 radical (unpaired) electrons. The standard InChI is InChI=1S/C27H27N3O3S/c31-27(23-17-26-22(9-15-34-26)30(23)10-8-20-4-2-1-3-5-20)29-13-11-28(12-14-29)18-21-6-7-24-25(16-21)33-19-32-24/h1-7,9,15-17H,8,10-14,18-19H2. The van der Waals surface area contributed by atoms with Crippen molar-refractivity contribution in [2.45, 2.75) is 19.5 Å². The second kappa shape index (κ2) is 9.16. The fraction of sp³-hybridized carbons (Fsp3) is 0.296. The van der Waals surface area contributed by atoms with Crippen LogP contribution in [-0.4, -0.2) is 53.2 Å². The Bertz CT molecular complexity index is 1310. The van der Waals surface area contributed by atoms with Crippen molar-refractivity contribution in [3.05, 3.63) is 82.9 Å². The van der Waals surface area contributed by atoms with Gasteiger partial charge in [0, 0.05) is 39.3 Å². The fourth-order valence-corrected chi connectivity index (χ4v) is 5.67. The Labute approximate surface area is 202 Å². The number of amides is 1. The van der Waals surface area contributed by atoms with E-state index in [0.29, 0.717) is 6.79 Å². The van der Waals surface area contributed by atoms with Gasteiger partial charge < -0.3 is 18.9 Å². The van der Waals surface area contributed by atoms with Gasteiger partial charge in [-0.05, 0) is 47.2 Å². The maximum absolute atomic E-state index is 13.6. The Morgan fingerprint density at radius 3 is 2.56 bits per heavy atom. The van der Waals surface area contributed by atoms with Crippen LogP contribution in [0.4, 0.5) is 0 Å². The van der Waals surface area contributed by atoms with Crippen LogP contribution in [-0.2, 0) is 19.5 Å². The molecule has 34 heavy (non-hydrogen) atoms. The normalized spacial score (nSPS) is 15.8. The summed E-state index contributed by atoms with van der Waals surface area (Å²) in [5.74, 6) is 1.77. The first-order valence-electron chi connectivity index (χ1n) is 11.8. The number of fused-ring (bicyclic) bond motifs is 2. The van der Waals surface area contributed by atoms with Gasteiger partial charge in [-0.25, -0.2) is 0 Å². The van der Waals surface area contributed by atoms with Crippen molar-refractivity contribution in [2.24, 2.45) is 0 Å². The molecule has 7 heteroatoms. The first kappa shape index (κ1) is 21.3. The Morgan fingerprint density at radius 2 is 1.71 bits per heavy atom. The summed E-state index contributed by atoms with van der Waals surface area (Å²) in [7, 11) is 0. The lowest BCUT2D eigenvalue weighted by molar-refractivity contribution is 0.0618. The summed E-state index contributed by atoms with van der Waals surface area (Å²) < 4.78 is 14.3. The maximum Gasteiger partial charge on any atom is 0.270 e. The monoisotopic (exact) mass is 473 g/mol. The predicted molar refractivity (Wildman–Crippen MR) is 134 cm³/mol. The van der Waals surface area contributed by atoms with Gasteiger partial charge in [-0.15, -0.1) is 11.3 Å². The number of rotatable bonds is 6. The third-order valence-electron chi connectivity index (χ3n) is 6.71. The molecule has 0 N–H and O–H groups in total. The molecule has 1 amide bonds. The summed E-state index contributed by atoms with van der Waals surface area (Å²) in [6.45, 7) is 5.14. The van der Waals surface area contributed by atoms with E-state index in [1.807, 2.05) is 17.0 Å². The van der Waals surface area contributed by atoms with Crippen molar-refractivity contribution in [3.63, 3.8) is 0 Å². The first-order chi connectivity index (χ1) is 16.7. The van der Waals surface area contributed by atoms with E-state index in [9.17, 15) is 4.79 Å². The van der Waals surface area contributed by atoms with Crippen LogP contribution in [0, 0.1) is 0 Å². The average Bonchev–Trinajstić information content (AvgIpc) is 3.60. The van der Waals surface area contributed by atoms with Crippen LogP contribution in [0.25, 0.3) is 10.2 Å². The minimum absolute atomic E-state index is 0.138. The number of piperazine rings is 1. The third kappa shape index (κ3) is 4.17. The summed E-state index contributed by atoms with van der Waals surface area (Å²) in [6.07, 6.45) is 0.907. The molecular formula is C27H27N3O3S. The Morgan fingerprint density at radius 1 is 0.882 bits per heavy atom. The number of ether oxygens (including phenoxy) is 2. The molecule has 4 aromatic rings. The van der Waals surface area contributed by atoms with E-state index in [1.54, 1.807) is 11.3 Å². The number of carbonyl (C=O) groups is 1. The molecule has 6 nitrogen and oxygen atoms in total. The number of nitrogens with zero attached hydrogens (tertiary/aromatic N) is 3. The van der Waals surface area contributed by atoms with Gasteiger partial charge in [0.05, 0.1) is 10.2 Å². The van der Waals surface area contributed by atoms with Crippen molar-refractivity contribution < 1.29 is 14.3 Å². The molecule has 0 unspecified atom stereocenters. The molecule has 1 saturated heterocycles. The molecule has 0 spiro atoms. The quantitative estimate of drug-likeness (QED) is 0.410. The molecule has 6 rings (SSSR count).